The Morgan fingerprint density at radius 1 is 1.21 bits per heavy atom. The Bertz CT molecular complexity index is 966. The maximum absolute atomic E-state index is 12.7. The molecule has 2 aromatic rings. The molecule has 0 spiro atoms. The van der Waals surface area contributed by atoms with Gasteiger partial charge in [0.2, 0.25) is 10.0 Å². The molecule has 8 heteroatoms. The van der Waals surface area contributed by atoms with Crippen molar-refractivity contribution >= 4 is 38.4 Å². The molecule has 3 rings (SSSR count). The summed E-state index contributed by atoms with van der Waals surface area (Å²) < 4.78 is 27.5. The molecule has 1 aliphatic heterocycles. The van der Waals surface area contributed by atoms with Gasteiger partial charge in [0.05, 0.1) is 16.9 Å². The minimum Gasteiger partial charge on any atom is -0.548 e. The standard InChI is InChI=1S/C16H16N2O5S/c1-8(2)14(16(20)21)18-24(22,23)12-7-6-11-13-9(12)4-3-5-10(13)15(19)17-11/h3-8,14,18H,1-2H3,(H,17,19)(H,20,21)/p-1. The van der Waals surface area contributed by atoms with E-state index in [9.17, 15) is 23.1 Å². The number of rotatable bonds is 5. The van der Waals surface area contributed by atoms with Gasteiger partial charge in [-0.25, -0.2) is 13.1 Å². The Hall–Kier alpha value is -2.45. The number of aliphatic carboxylic acids is 1. The summed E-state index contributed by atoms with van der Waals surface area (Å²) in [6, 6.07) is 6.27. The summed E-state index contributed by atoms with van der Waals surface area (Å²) in [5.41, 5.74) is 0.921. The highest BCUT2D eigenvalue weighted by Crippen LogP contribution is 2.36. The van der Waals surface area contributed by atoms with Crippen molar-refractivity contribution in [1.82, 2.24) is 4.72 Å². The SMILES string of the molecule is CC(C)C(NS(=O)(=O)c1ccc2c3c(cccc13)C(=O)N2)C(=O)[O-]. The first-order chi connectivity index (χ1) is 11.2. The number of carbonyl (C=O) groups is 2. The highest BCUT2D eigenvalue weighted by molar-refractivity contribution is 7.89. The van der Waals surface area contributed by atoms with Gasteiger partial charge in [0.15, 0.2) is 0 Å². The minimum atomic E-state index is -4.11. The molecule has 0 saturated heterocycles. The molecule has 1 unspecified atom stereocenters. The molecule has 0 bridgehead atoms. The lowest BCUT2D eigenvalue weighted by Crippen LogP contribution is -2.50. The van der Waals surface area contributed by atoms with E-state index in [2.05, 4.69) is 10.0 Å². The fourth-order valence-electron chi connectivity index (χ4n) is 2.78. The Morgan fingerprint density at radius 3 is 2.54 bits per heavy atom. The highest BCUT2D eigenvalue weighted by atomic mass is 32.2. The van der Waals surface area contributed by atoms with Gasteiger partial charge in [-0.2, -0.15) is 0 Å². The van der Waals surface area contributed by atoms with Gasteiger partial charge in [0.1, 0.15) is 0 Å². The monoisotopic (exact) mass is 347 g/mol. The van der Waals surface area contributed by atoms with Crippen LogP contribution in [0.5, 0.6) is 0 Å². The number of carboxylic acid groups (broad SMARTS) is 1. The van der Waals surface area contributed by atoms with Crippen molar-refractivity contribution in [1.29, 1.82) is 0 Å². The first-order valence-electron chi connectivity index (χ1n) is 7.32. The molecule has 0 saturated carbocycles. The lowest BCUT2D eigenvalue weighted by atomic mass is 10.1. The Morgan fingerprint density at radius 2 is 1.92 bits per heavy atom. The van der Waals surface area contributed by atoms with Crippen molar-refractivity contribution in [3.05, 3.63) is 35.9 Å². The lowest BCUT2D eigenvalue weighted by Gasteiger charge is -2.23. The van der Waals surface area contributed by atoms with Gasteiger partial charge >= 0.3 is 0 Å². The molecule has 1 atom stereocenters. The van der Waals surface area contributed by atoms with Gasteiger partial charge in [-0.3, -0.25) is 4.79 Å². The van der Waals surface area contributed by atoms with E-state index in [0.29, 0.717) is 22.0 Å². The van der Waals surface area contributed by atoms with Gasteiger partial charge in [0.25, 0.3) is 5.91 Å². The summed E-state index contributed by atoms with van der Waals surface area (Å²) in [6.45, 7) is 3.16. The number of amides is 1. The second kappa shape index (κ2) is 5.57. The number of hydrogen-bond acceptors (Lipinski definition) is 5. The predicted molar refractivity (Wildman–Crippen MR) is 85.9 cm³/mol. The van der Waals surface area contributed by atoms with Crippen LogP contribution in [-0.4, -0.2) is 26.3 Å². The molecular weight excluding hydrogens is 332 g/mol. The first-order valence-corrected chi connectivity index (χ1v) is 8.81. The van der Waals surface area contributed by atoms with E-state index in [0.717, 1.165) is 0 Å². The second-order valence-corrected chi connectivity index (χ2v) is 7.64. The van der Waals surface area contributed by atoms with E-state index in [-0.39, 0.29) is 10.8 Å². The molecule has 1 aliphatic rings. The van der Waals surface area contributed by atoms with Gasteiger partial charge < -0.3 is 15.2 Å². The van der Waals surface area contributed by atoms with Crippen LogP contribution in [0.1, 0.15) is 24.2 Å². The number of carboxylic acids is 1. The van der Waals surface area contributed by atoms with Crippen LogP contribution in [0.15, 0.2) is 35.2 Å². The van der Waals surface area contributed by atoms with Crippen LogP contribution in [0.3, 0.4) is 0 Å². The minimum absolute atomic E-state index is 0.0773. The Kier molecular flexibility index (Phi) is 3.81. The normalized spacial score (nSPS) is 14.9. The maximum Gasteiger partial charge on any atom is 0.256 e. The largest absolute Gasteiger partial charge is 0.548 e. The van der Waals surface area contributed by atoms with E-state index in [1.165, 1.54) is 12.1 Å². The third kappa shape index (κ3) is 2.53. The molecule has 126 valence electrons. The van der Waals surface area contributed by atoms with Gasteiger partial charge in [-0.05, 0) is 24.1 Å². The average Bonchev–Trinajstić information content (AvgIpc) is 2.83. The van der Waals surface area contributed by atoms with Crippen molar-refractivity contribution in [2.75, 3.05) is 5.32 Å². The van der Waals surface area contributed by atoms with Crippen molar-refractivity contribution < 1.29 is 23.1 Å². The number of anilines is 1. The zero-order valence-electron chi connectivity index (χ0n) is 13.0. The predicted octanol–water partition coefficient (Wildman–Crippen LogP) is 0.458. The van der Waals surface area contributed by atoms with E-state index in [1.807, 2.05) is 0 Å². The quantitative estimate of drug-likeness (QED) is 0.815. The topological polar surface area (TPSA) is 115 Å². The smallest absolute Gasteiger partial charge is 0.256 e. The van der Waals surface area contributed by atoms with Crippen molar-refractivity contribution in [2.45, 2.75) is 24.8 Å². The summed E-state index contributed by atoms with van der Waals surface area (Å²) in [5, 5.41) is 14.7. The fourth-order valence-corrected chi connectivity index (χ4v) is 4.32. The van der Waals surface area contributed by atoms with Gasteiger partial charge in [0, 0.05) is 22.0 Å². The molecule has 2 aromatic carbocycles. The third-order valence-electron chi connectivity index (χ3n) is 3.99. The molecule has 1 heterocycles. The molecule has 7 nitrogen and oxygen atoms in total. The van der Waals surface area contributed by atoms with Gasteiger partial charge in [-0.1, -0.05) is 26.0 Å². The summed E-state index contributed by atoms with van der Waals surface area (Å²) in [4.78, 5) is 23.0. The van der Waals surface area contributed by atoms with E-state index >= 15 is 0 Å². The third-order valence-corrected chi connectivity index (χ3v) is 5.48. The van der Waals surface area contributed by atoms with E-state index in [4.69, 9.17) is 0 Å². The first kappa shape index (κ1) is 16.4. The van der Waals surface area contributed by atoms with Crippen LogP contribution in [0.2, 0.25) is 0 Å². The van der Waals surface area contributed by atoms with Crippen LogP contribution in [-0.2, 0) is 14.8 Å². The van der Waals surface area contributed by atoms with Crippen molar-refractivity contribution in [3.8, 4) is 0 Å². The molecule has 0 fully saturated rings. The van der Waals surface area contributed by atoms with Gasteiger partial charge in [-0.15, -0.1) is 0 Å². The molecule has 0 radical (unpaired) electrons. The molecular formula is C16H15N2O5S-. The van der Waals surface area contributed by atoms with Crippen molar-refractivity contribution in [3.63, 3.8) is 0 Å². The number of carbonyl (C=O) groups excluding carboxylic acids is 2. The molecule has 0 aliphatic carbocycles. The van der Waals surface area contributed by atoms with Crippen LogP contribution >= 0.6 is 0 Å². The summed E-state index contributed by atoms with van der Waals surface area (Å²) >= 11 is 0. The number of sulfonamides is 1. The molecule has 2 N–H and O–H groups in total. The summed E-state index contributed by atoms with van der Waals surface area (Å²) in [6.07, 6.45) is 0. The highest BCUT2D eigenvalue weighted by Gasteiger charge is 2.28. The molecule has 0 aromatic heterocycles. The van der Waals surface area contributed by atoms with Crippen LogP contribution in [0.25, 0.3) is 10.8 Å². The van der Waals surface area contributed by atoms with Crippen LogP contribution in [0.4, 0.5) is 5.69 Å². The number of benzene rings is 2. The zero-order chi connectivity index (χ0) is 17.6. The number of nitrogens with one attached hydrogen (secondary N) is 2. The second-order valence-electron chi connectivity index (χ2n) is 5.96. The average molecular weight is 347 g/mol. The Labute approximate surface area is 138 Å². The van der Waals surface area contributed by atoms with Crippen LogP contribution in [0, 0.1) is 5.92 Å². The van der Waals surface area contributed by atoms with E-state index in [1.54, 1.807) is 32.0 Å². The maximum atomic E-state index is 12.7. The van der Waals surface area contributed by atoms with E-state index < -0.39 is 28.0 Å². The van der Waals surface area contributed by atoms with Crippen LogP contribution < -0.4 is 15.1 Å². The zero-order valence-corrected chi connectivity index (χ0v) is 13.8. The molecule has 24 heavy (non-hydrogen) atoms. The summed E-state index contributed by atoms with van der Waals surface area (Å²) in [7, 11) is -4.11. The fraction of sp³-hybridized carbons (Fsp3) is 0.250. The molecule has 1 amide bonds. The summed E-state index contributed by atoms with van der Waals surface area (Å²) in [5.74, 6) is -2.27. The van der Waals surface area contributed by atoms with Crippen molar-refractivity contribution in [2.24, 2.45) is 5.92 Å². The number of hydrogen-bond donors (Lipinski definition) is 2. The lowest BCUT2D eigenvalue weighted by molar-refractivity contribution is -0.309. The Balaban J connectivity index is 2.15.